The van der Waals surface area contributed by atoms with E-state index >= 15 is 0 Å². The van der Waals surface area contributed by atoms with Crippen molar-refractivity contribution in [2.75, 3.05) is 40.3 Å². The monoisotopic (exact) mass is 263 g/mol. The molecule has 1 heterocycles. The lowest BCUT2D eigenvalue weighted by molar-refractivity contribution is -0.889. The molecule has 0 spiro atoms. The quantitative estimate of drug-likeness (QED) is 0.616. The summed E-state index contributed by atoms with van der Waals surface area (Å²) in [6.45, 7) is 1.70. The smallest absolute Gasteiger partial charge is 0.261 e. The highest BCUT2D eigenvalue weighted by Gasteiger charge is 2.35. The van der Waals surface area contributed by atoms with Crippen LogP contribution in [0.4, 0.5) is 0 Å². The van der Waals surface area contributed by atoms with E-state index in [4.69, 9.17) is 5.11 Å². The van der Waals surface area contributed by atoms with Gasteiger partial charge in [0, 0.05) is 0 Å². The van der Waals surface area contributed by atoms with Gasteiger partial charge in [0.2, 0.25) is 0 Å². The van der Waals surface area contributed by atoms with Crippen LogP contribution >= 0.6 is 0 Å². The van der Waals surface area contributed by atoms with Crippen molar-refractivity contribution in [1.29, 1.82) is 0 Å². The minimum Gasteiger partial charge on any atom is -0.391 e. The van der Waals surface area contributed by atoms with Gasteiger partial charge in [0.05, 0.1) is 44.9 Å². The first-order valence-corrected chi connectivity index (χ1v) is 6.34. The molecule has 1 aliphatic rings. The molecule has 5 heteroatoms. The first-order chi connectivity index (χ1) is 8.96. The summed E-state index contributed by atoms with van der Waals surface area (Å²) >= 11 is 0. The molecule has 0 radical (unpaired) electrons. The fourth-order valence-electron chi connectivity index (χ4n) is 2.20. The van der Waals surface area contributed by atoms with Gasteiger partial charge in [0.15, 0.2) is 0 Å². The topological polar surface area (TPSA) is 57.6 Å². The van der Waals surface area contributed by atoms with E-state index in [0.29, 0.717) is 35.2 Å². The second kappa shape index (κ2) is 5.11. The Bertz CT molecular complexity index is 476. The number of nitrogens with zero attached hydrogens (tertiary/aromatic N) is 2. The molecule has 0 atom stereocenters. The van der Waals surface area contributed by atoms with E-state index in [1.165, 1.54) is 4.90 Å². The van der Waals surface area contributed by atoms with E-state index in [9.17, 15) is 9.59 Å². The Hall–Kier alpha value is -1.72. The van der Waals surface area contributed by atoms with E-state index in [2.05, 4.69) is 0 Å². The maximum absolute atomic E-state index is 12.1. The van der Waals surface area contributed by atoms with Gasteiger partial charge in [-0.05, 0) is 12.1 Å². The van der Waals surface area contributed by atoms with Crippen LogP contribution in [0.1, 0.15) is 20.7 Å². The number of hydrogen-bond acceptors (Lipinski definition) is 3. The van der Waals surface area contributed by atoms with Gasteiger partial charge in [-0.3, -0.25) is 14.5 Å². The van der Waals surface area contributed by atoms with Gasteiger partial charge in [-0.2, -0.15) is 0 Å². The molecule has 0 aliphatic carbocycles. The van der Waals surface area contributed by atoms with Crippen LogP contribution in [-0.2, 0) is 0 Å². The van der Waals surface area contributed by atoms with Crippen LogP contribution in [0, 0.1) is 0 Å². The highest BCUT2D eigenvalue weighted by atomic mass is 16.3. The number of benzene rings is 1. The lowest BCUT2D eigenvalue weighted by atomic mass is 10.1. The molecule has 2 rings (SSSR count). The van der Waals surface area contributed by atoms with Crippen LogP contribution in [0.5, 0.6) is 0 Å². The molecule has 0 saturated heterocycles. The standard InChI is InChI=1S/C14H19N2O3/c1-16(2,9-10-17)8-7-15-13(18)11-5-3-4-6-12(11)14(15)19/h3-6,17H,7-10H2,1-2H3/q+1. The molecule has 1 N–H and O–H groups in total. The third-order valence-corrected chi connectivity index (χ3v) is 3.51. The zero-order valence-electron chi connectivity index (χ0n) is 11.3. The van der Waals surface area contributed by atoms with Gasteiger partial charge < -0.3 is 9.59 Å². The SMILES string of the molecule is C[N+](C)(CCO)CCN1C(=O)c2ccccc2C1=O. The molecule has 0 unspecified atom stereocenters. The molecule has 19 heavy (non-hydrogen) atoms. The van der Waals surface area contributed by atoms with Gasteiger partial charge in [-0.15, -0.1) is 0 Å². The fourth-order valence-corrected chi connectivity index (χ4v) is 2.20. The molecule has 2 amide bonds. The number of imide groups is 1. The largest absolute Gasteiger partial charge is 0.391 e. The third kappa shape index (κ3) is 2.67. The van der Waals surface area contributed by atoms with E-state index in [1.807, 2.05) is 14.1 Å². The molecule has 102 valence electrons. The number of hydrogen-bond donors (Lipinski definition) is 1. The second-order valence-corrected chi connectivity index (χ2v) is 5.41. The molecule has 1 aromatic rings. The number of quaternary nitrogens is 1. The normalized spacial score (nSPS) is 15.0. The first kappa shape index (κ1) is 13.7. The van der Waals surface area contributed by atoms with E-state index in [-0.39, 0.29) is 18.4 Å². The molecule has 0 aromatic heterocycles. The summed E-state index contributed by atoms with van der Waals surface area (Å²) in [5, 5.41) is 8.98. The summed E-state index contributed by atoms with van der Waals surface area (Å²) in [5.74, 6) is -0.436. The Morgan fingerprint density at radius 1 is 1.05 bits per heavy atom. The molecule has 1 aliphatic heterocycles. The Morgan fingerprint density at radius 3 is 2.05 bits per heavy atom. The summed E-state index contributed by atoms with van der Waals surface area (Å²) < 4.78 is 0.573. The van der Waals surface area contributed by atoms with E-state index in [1.54, 1.807) is 24.3 Å². The van der Waals surface area contributed by atoms with Crippen molar-refractivity contribution >= 4 is 11.8 Å². The number of fused-ring (bicyclic) bond motifs is 1. The first-order valence-electron chi connectivity index (χ1n) is 6.34. The lowest BCUT2D eigenvalue weighted by Gasteiger charge is -2.30. The number of amides is 2. The predicted molar refractivity (Wildman–Crippen MR) is 70.7 cm³/mol. The second-order valence-electron chi connectivity index (χ2n) is 5.41. The summed E-state index contributed by atoms with van der Waals surface area (Å²) in [6.07, 6.45) is 0. The number of carbonyl (C=O) groups excluding carboxylic acids is 2. The molecular formula is C14H19N2O3+. The van der Waals surface area contributed by atoms with Crippen LogP contribution in [0.15, 0.2) is 24.3 Å². The number of likely N-dealkylation sites (N-methyl/N-ethyl adjacent to an activating group) is 1. The zero-order valence-corrected chi connectivity index (χ0v) is 11.3. The minimum atomic E-state index is -0.218. The van der Waals surface area contributed by atoms with Crippen molar-refractivity contribution in [2.24, 2.45) is 0 Å². The maximum atomic E-state index is 12.1. The van der Waals surface area contributed by atoms with Gasteiger partial charge >= 0.3 is 0 Å². The fraction of sp³-hybridized carbons (Fsp3) is 0.429. The molecular weight excluding hydrogens is 244 g/mol. The van der Waals surface area contributed by atoms with Crippen LogP contribution in [-0.4, -0.2) is 66.6 Å². The Morgan fingerprint density at radius 2 is 1.58 bits per heavy atom. The maximum Gasteiger partial charge on any atom is 0.261 e. The Balaban J connectivity index is 2.09. The van der Waals surface area contributed by atoms with Gasteiger partial charge in [-0.25, -0.2) is 0 Å². The lowest BCUT2D eigenvalue weighted by Crippen LogP contribution is -2.48. The summed E-state index contributed by atoms with van der Waals surface area (Å²) in [4.78, 5) is 25.6. The van der Waals surface area contributed by atoms with Gasteiger partial charge in [-0.1, -0.05) is 12.1 Å². The Labute approximate surface area is 112 Å². The number of carbonyl (C=O) groups is 2. The van der Waals surface area contributed by atoms with Gasteiger partial charge in [0.25, 0.3) is 11.8 Å². The molecule has 0 saturated carbocycles. The highest BCUT2D eigenvalue weighted by Crippen LogP contribution is 2.22. The number of aliphatic hydroxyl groups is 1. The minimum absolute atomic E-state index is 0.0924. The summed E-state index contributed by atoms with van der Waals surface area (Å²) in [6, 6.07) is 6.89. The van der Waals surface area contributed by atoms with Crippen molar-refractivity contribution < 1.29 is 19.2 Å². The van der Waals surface area contributed by atoms with Crippen molar-refractivity contribution in [3.63, 3.8) is 0 Å². The third-order valence-electron chi connectivity index (χ3n) is 3.51. The zero-order chi connectivity index (χ0) is 14.0. The average molecular weight is 263 g/mol. The van der Waals surface area contributed by atoms with Crippen molar-refractivity contribution in [2.45, 2.75) is 0 Å². The number of aliphatic hydroxyl groups excluding tert-OH is 1. The van der Waals surface area contributed by atoms with Crippen molar-refractivity contribution in [3.05, 3.63) is 35.4 Å². The molecule has 5 nitrogen and oxygen atoms in total. The van der Waals surface area contributed by atoms with Crippen LogP contribution < -0.4 is 0 Å². The molecule has 0 bridgehead atoms. The number of rotatable bonds is 5. The van der Waals surface area contributed by atoms with Crippen molar-refractivity contribution in [3.8, 4) is 0 Å². The summed E-state index contributed by atoms with van der Waals surface area (Å²) in [5.41, 5.74) is 0.972. The molecule has 1 aromatic carbocycles. The van der Waals surface area contributed by atoms with Crippen LogP contribution in [0.25, 0.3) is 0 Å². The van der Waals surface area contributed by atoms with E-state index < -0.39 is 0 Å². The van der Waals surface area contributed by atoms with E-state index in [0.717, 1.165) is 0 Å². The molecule has 0 fully saturated rings. The highest BCUT2D eigenvalue weighted by molar-refractivity contribution is 6.21. The predicted octanol–water partition coefficient (Wildman–Crippen LogP) is 0.351. The Kier molecular flexibility index (Phi) is 3.68. The summed E-state index contributed by atoms with van der Waals surface area (Å²) in [7, 11) is 3.93. The van der Waals surface area contributed by atoms with Crippen LogP contribution in [0.3, 0.4) is 0 Å². The van der Waals surface area contributed by atoms with Gasteiger partial charge in [0.1, 0.15) is 6.54 Å². The average Bonchev–Trinajstić information content (AvgIpc) is 2.61. The van der Waals surface area contributed by atoms with Crippen LogP contribution in [0.2, 0.25) is 0 Å². The van der Waals surface area contributed by atoms with Crippen molar-refractivity contribution in [1.82, 2.24) is 4.90 Å².